The van der Waals surface area contributed by atoms with Gasteiger partial charge in [0, 0.05) is 36.5 Å². The van der Waals surface area contributed by atoms with Gasteiger partial charge in [-0.25, -0.2) is 0 Å². The predicted octanol–water partition coefficient (Wildman–Crippen LogP) is 2.84. The first kappa shape index (κ1) is 18.9. The Kier molecular flexibility index (Phi) is 7.18. The molecule has 0 spiro atoms. The first-order chi connectivity index (χ1) is 11.5. The molecule has 0 aliphatic carbocycles. The quantitative estimate of drug-likeness (QED) is 0.781. The largest absolute Gasteiger partial charge is 0.481 e. The summed E-state index contributed by atoms with van der Waals surface area (Å²) in [6, 6.07) is 6.96. The number of carbonyl (C=O) groups is 2. The second-order valence-corrected chi connectivity index (χ2v) is 6.63. The van der Waals surface area contributed by atoms with E-state index in [0.717, 1.165) is 12.8 Å². The minimum Gasteiger partial charge on any atom is -0.481 e. The lowest BCUT2D eigenvalue weighted by Crippen LogP contribution is -2.49. The number of nitrogens with zero attached hydrogens (tertiary/aromatic N) is 1. The maximum atomic E-state index is 12.2. The molecule has 0 radical (unpaired) electrons. The van der Waals surface area contributed by atoms with Crippen molar-refractivity contribution in [1.29, 1.82) is 0 Å². The lowest BCUT2D eigenvalue weighted by Gasteiger charge is -2.32. The Labute approximate surface area is 152 Å². The van der Waals surface area contributed by atoms with Gasteiger partial charge >= 0.3 is 0 Å². The van der Waals surface area contributed by atoms with E-state index in [1.54, 1.807) is 36.1 Å². The van der Waals surface area contributed by atoms with E-state index in [1.165, 1.54) is 0 Å². The number of hydrogen-bond acceptors (Lipinski definition) is 3. The maximum absolute atomic E-state index is 12.2. The van der Waals surface area contributed by atoms with Gasteiger partial charge in [0.25, 0.3) is 5.91 Å². The average molecular weight is 373 g/mol. The molecule has 1 aliphatic rings. The summed E-state index contributed by atoms with van der Waals surface area (Å²) in [7, 11) is 0. The number of nitrogens with one attached hydrogen (secondary N) is 1. The fourth-order valence-electron chi connectivity index (χ4n) is 2.60. The number of carbonyl (C=O) groups excluding carboxylic acids is 2. The van der Waals surface area contributed by atoms with Gasteiger partial charge in [-0.1, -0.05) is 11.6 Å². The van der Waals surface area contributed by atoms with Crippen LogP contribution in [-0.2, 0) is 9.59 Å². The monoisotopic (exact) mass is 372 g/mol. The SMILES string of the molecule is CC(Oc1ccc(Cl)cc1)C(=O)NC1CCN(C(=O)CCCl)CC1. The van der Waals surface area contributed by atoms with E-state index in [0.29, 0.717) is 36.2 Å². The Balaban J connectivity index is 1.76. The van der Waals surface area contributed by atoms with Crippen molar-refractivity contribution < 1.29 is 14.3 Å². The van der Waals surface area contributed by atoms with Gasteiger partial charge < -0.3 is 15.0 Å². The molecular formula is C17H22Cl2N2O3. The average Bonchev–Trinajstić information content (AvgIpc) is 2.57. The third-order valence-electron chi connectivity index (χ3n) is 4.00. The second kappa shape index (κ2) is 9.14. The van der Waals surface area contributed by atoms with Crippen LogP contribution in [0.2, 0.25) is 5.02 Å². The first-order valence-corrected chi connectivity index (χ1v) is 8.97. The van der Waals surface area contributed by atoms with Crippen LogP contribution in [0.5, 0.6) is 5.75 Å². The summed E-state index contributed by atoms with van der Waals surface area (Å²) in [6.07, 6.45) is 1.26. The van der Waals surface area contributed by atoms with Crippen molar-refractivity contribution in [2.45, 2.75) is 38.3 Å². The molecule has 0 saturated carbocycles. The number of alkyl halides is 1. The number of likely N-dealkylation sites (tertiary alicyclic amines) is 1. The first-order valence-electron chi connectivity index (χ1n) is 8.06. The number of ether oxygens (including phenoxy) is 1. The number of piperidine rings is 1. The lowest BCUT2D eigenvalue weighted by atomic mass is 10.0. The standard InChI is InChI=1S/C17H22Cl2N2O3/c1-12(24-15-4-2-13(19)3-5-15)17(23)20-14-7-10-21(11-8-14)16(22)6-9-18/h2-5,12,14H,6-11H2,1H3,(H,20,23). The van der Waals surface area contributed by atoms with Gasteiger partial charge in [-0.2, -0.15) is 0 Å². The van der Waals surface area contributed by atoms with Crippen molar-refractivity contribution in [2.24, 2.45) is 0 Å². The van der Waals surface area contributed by atoms with E-state index in [2.05, 4.69) is 5.32 Å². The van der Waals surface area contributed by atoms with E-state index in [-0.39, 0.29) is 17.9 Å². The normalized spacial score (nSPS) is 16.5. The molecule has 0 bridgehead atoms. The summed E-state index contributed by atoms with van der Waals surface area (Å²) in [4.78, 5) is 25.8. The van der Waals surface area contributed by atoms with E-state index < -0.39 is 6.10 Å². The van der Waals surface area contributed by atoms with E-state index in [1.807, 2.05) is 0 Å². The van der Waals surface area contributed by atoms with Gasteiger partial charge in [0.15, 0.2) is 6.10 Å². The highest BCUT2D eigenvalue weighted by Crippen LogP contribution is 2.17. The second-order valence-electron chi connectivity index (χ2n) is 5.82. The van der Waals surface area contributed by atoms with Crippen LogP contribution in [0.4, 0.5) is 0 Å². The molecule has 5 nitrogen and oxygen atoms in total. The van der Waals surface area contributed by atoms with Crippen LogP contribution >= 0.6 is 23.2 Å². The van der Waals surface area contributed by atoms with Crippen LogP contribution < -0.4 is 10.1 Å². The molecular weight excluding hydrogens is 351 g/mol. The maximum Gasteiger partial charge on any atom is 0.260 e. The molecule has 2 amide bonds. The lowest BCUT2D eigenvalue weighted by molar-refractivity contribution is -0.132. The van der Waals surface area contributed by atoms with Crippen molar-refractivity contribution >= 4 is 35.0 Å². The van der Waals surface area contributed by atoms with Gasteiger partial charge in [0.1, 0.15) is 5.75 Å². The van der Waals surface area contributed by atoms with E-state index in [4.69, 9.17) is 27.9 Å². The Morgan fingerprint density at radius 2 is 1.92 bits per heavy atom. The van der Waals surface area contributed by atoms with Crippen LogP contribution in [0.15, 0.2) is 24.3 Å². The number of halogens is 2. The summed E-state index contributed by atoms with van der Waals surface area (Å²) in [6.45, 7) is 3.00. The third-order valence-corrected chi connectivity index (χ3v) is 4.44. The minimum absolute atomic E-state index is 0.0637. The Hall–Kier alpha value is -1.46. The molecule has 2 rings (SSSR count). The van der Waals surface area contributed by atoms with Crippen molar-refractivity contribution in [1.82, 2.24) is 10.2 Å². The van der Waals surface area contributed by atoms with Crippen LogP contribution in [0.1, 0.15) is 26.2 Å². The predicted molar refractivity (Wildman–Crippen MR) is 94.6 cm³/mol. The molecule has 1 fully saturated rings. The molecule has 1 atom stereocenters. The van der Waals surface area contributed by atoms with Crippen LogP contribution in [0.3, 0.4) is 0 Å². The zero-order valence-corrected chi connectivity index (χ0v) is 15.1. The fourth-order valence-corrected chi connectivity index (χ4v) is 2.89. The molecule has 1 aliphatic heterocycles. The van der Waals surface area contributed by atoms with E-state index in [9.17, 15) is 9.59 Å². The van der Waals surface area contributed by atoms with Crippen molar-refractivity contribution in [3.8, 4) is 5.75 Å². The Morgan fingerprint density at radius 1 is 1.29 bits per heavy atom. The summed E-state index contributed by atoms with van der Waals surface area (Å²) < 4.78 is 5.61. The zero-order chi connectivity index (χ0) is 17.5. The summed E-state index contributed by atoms with van der Waals surface area (Å²) in [5, 5.41) is 3.61. The van der Waals surface area contributed by atoms with Crippen molar-refractivity contribution in [3.05, 3.63) is 29.3 Å². The van der Waals surface area contributed by atoms with Gasteiger partial charge in [-0.15, -0.1) is 11.6 Å². The molecule has 1 aromatic rings. The van der Waals surface area contributed by atoms with Crippen molar-refractivity contribution in [2.75, 3.05) is 19.0 Å². The van der Waals surface area contributed by atoms with Gasteiger partial charge in [0.2, 0.25) is 5.91 Å². The van der Waals surface area contributed by atoms with E-state index >= 15 is 0 Å². The van der Waals surface area contributed by atoms with Gasteiger partial charge in [-0.05, 0) is 44.0 Å². The summed E-state index contributed by atoms with van der Waals surface area (Å²) in [5.41, 5.74) is 0. The highest BCUT2D eigenvalue weighted by atomic mass is 35.5. The minimum atomic E-state index is -0.595. The smallest absolute Gasteiger partial charge is 0.260 e. The van der Waals surface area contributed by atoms with Gasteiger partial charge in [0.05, 0.1) is 0 Å². The Bertz CT molecular complexity index is 557. The number of benzene rings is 1. The van der Waals surface area contributed by atoms with Crippen LogP contribution in [0, 0.1) is 0 Å². The summed E-state index contributed by atoms with van der Waals surface area (Å²) >= 11 is 11.4. The number of hydrogen-bond donors (Lipinski definition) is 1. The molecule has 132 valence electrons. The van der Waals surface area contributed by atoms with Crippen molar-refractivity contribution in [3.63, 3.8) is 0 Å². The Morgan fingerprint density at radius 3 is 2.50 bits per heavy atom. The number of amides is 2. The molecule has 1 aromatic carbocycles. The molecule has 1 N–H and O–H groups in total. The molecule has 1 saturated heterocycles. The molecule has 1 unspecified atom stereocenters. The highest BCUT2D eigenvalue weighted by molar-refractivity contribution is 6.30. The third kappa shape index (κ3) is 5.56. The van der Waals surface area contributed by atoms with Gasteiger partial charge in [-0.3, -0.25) is 9.59 Å². The topological polar surface area (TPSA) is 58.6 Å². The molecule has 24 heavy (non-hydrogen) atoms. The van der Waals surface area contributed by atoms with Crippen LogP contribution in [-0.4, -0.2) is 47.8 Å². The highest BCUT2D eigenvalue weighted by Gasteiger charge is 2.25. The van der Waals surface area contributed by atoms with Crippen LogP contribution in [0.25, 0.3) is 0 Å². The molecule has 0 aromatic heterocycles. The summed E-state index contributed by atoms with van der Waals surface area (Å²) in [5.74, 6) is 0.864. The zero-order valence-electron chi connectivity index (χ0n) is 13.6. The molecule has 7 heteroatoms. The number of rotatable bonds is 6. The molecule has 1 heterocycles. The fraction of sp³-hybridized carbons (Fsp3) is 0.529.